The summed E-state index contributed by atoms with van der Waals surface area (Å²) in [7, 11) is -4.04. The number of hydrogen-bond donors (Lipinski definition) is 1. The molecule has 9 heteroatoms. The maximum atomic E-state index is 13.7. The van der Waals surface area contributed by atoms with Crippen LogP contribution in [0.5, 0.6) is 0 Å². The number of sulfonamides is 1. The molecule has 1 aliphatic rings. The molecule has 0 saturated carbocycles. The summed E-state index contributed by atoms with van der Waals surface area (Å²) in [6.07, 6.45) is 2.56. The second-order valence-corrected chi connectivity index (χ2v) is 11.8. The number of nitrogens with zero attached hydrogens (tertiary/aromatic N) is 1. The Morgan fingerprint density at radius 2 is 1.78 bits per heavy atom. The molecule has 3 aromatic rings. The third-order valence-electron chi connectivity index (χ3n) is 6.39. The zero-order valence-electron chi connectivity index (χ0n) is 20.9. The Bertz CT molecular complexity index is 1410. The van der Waals surface area contributed by atoms with E-state index in [9.17, 15) is 18.0 Å². The molecule has 2 aromatic carbocycles. The normalized spacial score (nSPS) is 12.8. The van der Waals surface area contributed by atoms with E-state index in [1.807, 2.05) is 26.8 Å². The van der Waals surface area contributed by atoms with Gasteiger partial charge >= 0.3 is 5.97 Å². The van der Waals surface area contributed by atoms with Crippen LogP contribution in [0.3, 0.4) is 0 Å². The highest BCUT2D eigenvalue weighted by Crippen LogP contribution is 2.39. The number of rotatable bonds is 8. The van der Waals surface area contributed by atoms with Crippen molar-refractivity contribution in [2.24, 2.45) is 0 Å². The summed E-state index contributed by atoms with van der Waals surface area (Å²) in [5.41, 5.74) is 4.36. The Kier molecular flexibility index (Phi) is 7.51. The Morgan fingerprint density at radius 1 is 1.06 bits per heavy atom. The molecule has 1 aromatic heterocycles. The fourth-order valence-corrected chi connectivity index (χ4v) is 7.12. The fourth-order valence-electron chi connectivity index (χ4n) is 4.35. The van der Waals surface area contributed by atoms with Crippen LogP contribution in [0.2, 0.25) is 0 Å². The highest BCUT2D eigenvalue weighted by atomic mass is 32.2. The standard InChI is InChI=1S/C27H30N2O5S2/c1-5-34-27(31)25-21-9-7-11-23(21)35-26(25)28-24(30)16-29(22-10-6-8-18(3)19(22)4)36(32,33)20-14-12-17(2)13-15-20/h6,8,10,12-15H,5,7,9,11,16H2,1-4H3,(H,28,30). The summed E-state index contributed by atoms with van der Waals surface area (Å²) in [5, 5.41) is 3.23. The van der Waals surface area contributed by atoms with Crippen LogP contribution < -0.4 is 9.62 Å². The summed E-state index contributed by atoms with van der Waals surface area (Å²) >= 11 is 1.36. The van der Waals surface area contributed by atoms with Crippen molar-refractivity contribution in [1.82, 2.24) is 0 Å². The first-order chi connectivity index (χ1) is 17.1. The van der Waals surface area contributed by atoms with Crippen LogP contribution in [0.25, 0.3) is 0 Å². The number of ether oxygens (including phenoxy) is 1. The van der Waals surface area contributed by atoms with E-state index in [1.54, 1.807) is 43.3 Å². The zero-order valence-corrected chi connectivity index (χ0v) is 22.5. The van der Waals surface area contributed by atoms with E-state index >= 15 is 0 Å². The molecule has 1 heterocycles. The minimum absolute atomic E-state index is 0.101. The Hall–Kier alpha value is -3.17. The van der Waals surface area contributed by atoms with Crippen LogP contribution in [0.4, 0.5) is 10.7 Å². The van der Waals surface area contributed by atoms with Gasteiger partial charge in [-0.2, -0.15) is 0 Å². The SMILES string of the molecule is CCOC(=O)c1c(NC(=O)CN(c2cccc(C)c2C)S(=O)(=O)c2ccc(C)cc2)sc2c1CCC2. The van der Waals surface area contributed by atoms with Crippen LogP contribution in [0.15, 0.2) is 47.4 Å². The zero-order chi connectivity index (χ0) is 26.0. The second-order valence-electron chi connectivity index (χ2n) is 8.87. The van der Waals surface area contributed by atoms with Gasteiger partial charge in [0, 0.05) is 4.88 Å². The van der Waals surface area contributed by atoms with Gasteiger partial charge in [-0.1, -0.05) is 29.8 Å². The third-order valence-corrected chi connectivity index (χ3v) is 9.38. The Labute approximate surface area is 216 Å². The van der Waals surface area contributed by atoms with E-state index in [0.717, 1.165) is 50.7 Å². The first-order valence-corrected chi connectivity index (χ1v) is 14.2. The topological polar surface area (TPSA) is 92.8 Å². The van der Waals surface area contributed by atoms with Crippen LogP contribution in [-0.2, 0) is 32.4 Å². The van der Waals surface area contributed by atoms with Gasteiger partial charge in [0.1, 0.15) is 11.5 Å². The van der Waals surface area contributed by atoms with Crippen molar-refractivity contribution < 1.29 is 22.7 Å². The number of benzene rings is 2. The lowest BCUT2D eigenvalue weighted by molar-refractivity contribution is -0.114. The molecule has 0 radical (unpaired) electrons. The van der Waals surface area contributed by atoms with E-state index in [-0.39, 0.29) is 11.5 Å². The average Bonchev–Trinajstić information content (AvgIpc) is 3.40. The summed E-state index contributed by atoms with van der Waals surface area (Å²) in [6.45, 7) is 7.14. The molecule has 0 fully saturated rings. The highest BCUT2D eigenvalue weighted by molar-refractivity contribution is 7.92. The molecule has 0 spiro atoms. The van der Waals surface area contributed by atoms with Crippen molar-refractivity contribution in [2.45, 2.75) is 51.9 Å². The van der Waals surface area contributed by atoms with E-state index < -0.39 is 28.4 Å². The van der Waals surface area contributed by atoms with Gasteiger partial charge in [0.15, 0.2) is 0 Å². The minimum atomic E-state index is -4.04. The quantitative estimate of drug-likeness (QED) is 0.409. The molecule has 4 rings (SSSR count). The van der Waals surface area contributed by atoms with Crippen LogP contribution in [0, 0.1) is 20.8 Å². The van der Waals surface area contributed by atoms with Gasteiger partial charge in [0.2, 0.25) is 5.91 Å². The number of fused-ring (bicyclic) bond motifs is 1. The summed E-state index contributed by atoms with van der Waals surface area (Å²) in [5.74, 6) is -0.997. The lowest BCUT2D eigenvalue weighted by Gasteiger charge is -2.26. The molecule has 190 valence electrons. The maximum absolute atomic E-state index is 13.7. The Morgan fingerprint density at radius 3 is 2.47 bits per heavy atom. The second kappa shape index (κ2) is 10.4. The van der Waals surface area contributed by atoms with Crippen LogP contribution >= 0.6 is 11.3 Å². The largest absolute Gasteiger partial charge is 0.462 e. The third kappa shape index (κ3) is 5.03. The molecule has 0 saturated heterocycles. The van der Waals surface area contributed by atoms with E-state index in [2.05, 4.69) is 5.32 Å². The number of aryl methyl sites for hydroxylation is 3. The van der Waals surface area contributed by atoms with E-state index in [1.165, 1.54) is 11.3 Å². The number of thiophene rings is 1. The molecular weight excluding hydrogens is 496 g/mol. The molecule has 0 atom stereocenters. The predicted molar refractivity (Wildman–Crippen MR) is 143 cm³/mol. The number of esters is 1. The number of amides is 1. The number of anilines is 2. The van der Waals surface area contributed by atoms with Crippen LogP contribution in [-0.4, -0.2) is 33.4 Å². The predicted octanol–water partition coefficient (Wildman–Crippen LogP) is 5.17. The molecule has 0 unspecified atom stereocenters. The molecule has 36 heavy (non-hydrogen) atoms. The van der Waals surface area contributed by atoms with Crippen molar-refractivity contribution in [2.75, 3.05) is 22.8 Å². The van der Waals surface area contributed by atoms with Gasteiger partial charge < -0.3 is 10.1 Å². The highest BCUT2D eigenvalue weighted by Gasteiger charge is 2.31. The smallest absolute Gasteiger partial charge is 0.341 e. The summed E-state index contributed by atoms with van der Waals surface area (Å²) in [4.78, 5) is 27.2. The van der Waals surface area contributed by atoms with E-state index in [0.29, 0.717) is 16.3 Å². The maximum Gasteiger partial charge on any atom is 0.341 e. The van der Waals surface area contributed by atoms with Crippen molar-refractivity contribution in [1.29, 1.82) is 0 Å². The van der Waals surface area contributed by atoms with Crippen LogP contribution in [0.1, 0.15) is 50.8 Å². The molecule has 1 N–H and O–H groups in total. The van der Waals surface area contributed by atoms with Crippen molar-refractivity contribution in [3.8, 4) is 0 Å². The van der Waals surface area contributed by atoms with Crippen molar-refractivity contribution in [3.63, 3.8) is 0 Å². The number of carbonyl (C=O) groups is 2. The average molecular weight is 527 g/mol. The molecule has 1 amide bonds. The van der Waals surface area contributed by atoms with Crippen molar-refractivity contribution in [3.05, 3.63) is 75.2 Å². The van der Waals surface area contributed by atoms with E-state index in [4.69, 9.17) is 4.74 Å². The van der Waals surface area contributed by atoms with Gasteiger partial charge in [-0.05, 0) is 81.8 Å². The van der Waals surface area contributed by atoms with Crippen molar-refractivity contribution >= 4 is 43.9 Å². The first-order valence-electron chi connectivity index (χ1n) is 11.9. The first kappa shape index (κ1) is 25.9. The lowest BCUT2D eigenvalue weighted by atomic mass is 10.1. The lowest BCUT2D eigenvalue weighted by Crippen LogP contribution is -2.38. The number of carbonyl (C=O) groups excluding carboxylic acids is 2. The monoisotopic (exact) mass is 526 g/mol. The molecule has 0 bridgehead atoms. The van der Waals surface area contributed by atoms with Gasteiger partial charge in [-0.3, -0.25) is 9.10 Å². The molecular formula is C27H30N2O5S2. The summed E-state index contributed by atoms with van der Waals surface area (Å²) in [6, 6.07) is 11.9. The Balaban J connectivity index is 1.70. The van der Waals surface area contributed by atoms with Gasteiger partial charge in [-0.15, -0.1) is 11.3 Å². The van der Waals surface area contributed by atoms with Gasteiger partial charge in [0.05, 0.1) is 22.8 Å². The fraction of sp³-hybridized carbons (Fsp3) is 0.333. The van der Waals surface area contributed by atoms with Gasteiger partial charge in [-0.25, -0.2) is 13.2 Å². The molecule has 1 aliphatic carbocycles. The number of hydrogen-bond acceptors (Lipinski definition) is 6. The molecule has 7 nitrogen and oxygen atoms in total. The summed E-state index contributed by atoms with van der Waals surface area (Å²) < 4.78 is 33.9. The molecule has 0 aliphatic heterocycles. The number of nitrogens with one attached hydrogen (secondary N) is 1. The minimum Gasteiger partial charge on any atom is -0.462 e. The van der Waals surface area contributed by atoms with Gasteiger partial charge in [0.25, 0.3) is 10.0 Å².